The third kappa shape index (κ3) is 2.39. The summed E-state index contributed by atoms with van der Waals surface area (Å²) in [5.74, 6) is 0.0929. The highest BCUT2D eigenvalue weighted by molar-refractivity contribution is 6.30. The topological polar surface area (TPSA) is 48.1 Å². The average molecular weight is 282 g/mol. The fraction of sp³-hybridized carbons (Fsp3) is 0.643. The van der Waals surface area contributed by atoms with Gasteiger partial charge in [0.1, 0.15) is 5.69 Å². The summed E-state index contributed by atoms with van der Waals surface area (Å²) in [5.41, 5.74) is 0.627. The lowest BCUT2D eigenvalue weighted by Gasteiger charge is -2.49. The number of nitrogens with one attached hydrogen (secondary N) is 2. The summed E-state index contributed by atoms with van der Waals surface area (Å²) in [7, 11) is 0. The van der Waals surface area contributed by atoms with Crippen molar-refractivity contribution in [3.8, 4) is 0 Å². The van der Waals surface area contributed by atoms with E-state index < -0.39 is 0 Å². The monoisotopic (exact) mass is 281 g/mol. The van der Waals surface area contributed by atoms with Crippen LogP contribution in [0.5, 0.6) is 0 Å². The van der Waals surface area contributed by atoms with Gasteiger partial charge in [0.05, 0.1) is 10.6 Å². The molecule has 0 atom stereocenters. The van der Waals surface area contributed by atoms with E-state index in [1.165, 1.54) is 19.3 Å². The summed E-state index contributed by atoms with van der Waals surface area (Å²) in [4.78, 5) is 17.7. The second-order valence-corrected chi connectivity index (χ2v) is 6.09. The summed E-state index contributed by atoms with van der Waals surface area (Å²) in [6.45, 7) is 2.59. The first-order chi connectivity index (χ1) is 9.21. The first-order valence-electron chi connectivity index (χ1n) is 7.08. The number of amides is 1. The SMILES string of the molecule is O=C(c1cc(Cl)c[nH]1)N1CCNCC12CCCCC2. The molecule has 3 rings (SSSR count). The Morgan fingerprint density at radius 1 is 1.32 bits per heavy atom. The second-order valence-electron chi connectivity index (χ2n) is 5.65. The Bertz CT molecular complexity index is 457. The zero-order chi connectivity index (χ0) is 13.3. The van der Waals surface area contributed by atoms with Crippen LogP contribution in [0.4, 0.5) is 0 Å². The number of carbonyl (C=O) groups is 1. The number of hydrogen-bond donors (Lipinski definition) is 2. The van der Waals surface area contributed by atoms with Crippen molar-refractivity contribution in [1.82, 2.24) is 15.2 Å². The van der Waals surface area contributed by atoms with E-state index >= 15 is 0 Å². The molecule has 1 spiro atoms. The maximum Gasteiger partial charge on any atom is 0.270 e. The van der Waals surface area contributed by atoms with Crippen LogP contribution in [0.3, 0.4) is 0 Å². The van der Waals surface area contributed by atoms with Gasteiger partial charge in [0, 0.05) is 25.8 Å². The number of aromatic nitrogens is 1. The van der Waals surface area contributed by atoms with Gasteiger partial charge >= 0.3 is 0 Å². The van der Waals surface area contributed by atoms with Gasteiger partial charge in [0.2, 0.25) is 0 Å². The van der Waals surface area contributed by atoms with Crippen molar-refractivity contribution in [3.05, 3.63) is 23.0 Å². The Morgan fingerprint density at radius 2 is 2.11 bits per heavy atom. The van der Waals surface area contributed by atoms with Gasteiger partial charge in [0.15, 0.2) is 0 Å². The van der Waals surface area contributed by atoms with E-state index in [1.54, 1.807) is 12.3 Å². The number of aromatic amines is 1. The number of hydrogen-bond acceptors (Lipinski definition) is 2. The molecule has 5 heteroatoms. The van der Waals surface area contributed by atoms with E-state index in [0.717, 1.165) is 32.5 Å². The molecule has 104 valence electrons. The molecular weight excluding hydrogens is 262 g/mol. The molecule has 0 radical (unpaired) electrons. The van der Waals surface area contributed by atoms with Gasteiger partial charge in [-0.15, -0.1) is 0 Å². The summed E-state index contributed by atoms with van der Waals surface area (Å²) in [6.07, 6.45) is 7.62. The maximum absolute atomic E-state index is 12.7. The predicted molar refractivity (Wildman–Crippen MR) is 75.5 cm³/mol. The Kier molecular flexibility index (Phi) is 3.54. The third-order valence-corrected chi connectivity index (χ3v) is 4.66. The van der Waals surface area contributed by atoms with Crippen LogP contribution in [0, 0.1) is 0 Å². The smallest absolute Gasteiger partial charge is 0.270 e. The normalized spacial score (nSPS) is 22.7. The van der Waals surface area contributed by atoms with Crippen LogP contribution >= 0.6 is 11.6 Å². The van der Waals surface area contributed by atoms with E-state index in [-0.39, 0.29) is 11.4 Å². The van der Waals surface area contributed by atoms with E-state index in [2.05, 4.69) is 15.2 Å². The van der Waals surface area contributed by atoms with Crippen LogP contribution in [0.1, 0.15) is 42.6 Å². The highest BCUT2D eigenvalue weighted by Crippen LogP contribution is 2.35. The van der Waals surface area contributed by atoms with Crippen molar-refractivity contribution in [2.45, 2.75) is 37.6 Å². The van der Waals surface area contributed by atoms with E-state index in [1.807, 2.05) is 0 Å². The number of piperazine rings is 1. The Balaban J connectivity index is 1.85. The van der Waals surface area contributed by atoms with Crippen LogP contribution in [0.25, 0.3) is 0 Å². The molecule has 0 unspecified atom stereocenters. The summed E-state index contributed by atoms with van der Waals surface area (Å²) >= 11 is 5.91. The van der Waals surface area contributed by atoms with E-state index in [4.69, 9.17) is 11.6 Å². The van der Waals surface area contributed by atoms with Crippen LogP contribution < -0.4 is 5.32 Å². The zero-order valence-electron chi connectivity index (χ0n) is 11.0. The minimum absolute atomic E-state index is 0.0190. The van der Waals surface area contributed by atoms with Crippen LogP contribution in [-0.4, -0.2) is 41.0 Å². The van der Waals surface area contributed by atoms with Gasteiger partial charge in [0.25, 0.3) is 5.91 Å². The van der Waals surface area contributed by atoms with Gasteiger partial charge in [-0.3, -0.25) is 4.79 Å². The van der Waals surface area contributed by atoms with E-state index in [9.17, 15) is 4.79 Å². The van der Waals surface area contributed by atoms with Gasteiger partial charge in [-0.05, 0) is 18.9 Å². The lowest BCUT2D eigenvalue weighted by molar-refractivity contribution is 0.0218. The fourth-order valence-electron chi connectivity index (χ4n) is 3.45. The second kappa shape index (κ2) is 5.17. The van der Waals surface area contributed by atoms with Crippen molar-refractivity contribution < 1.29 is 4.79 Å². The molecule has 0 bridgehead atoms. The molecule has 2 aliphatic rings. The largest absolute Gasteiger partial charge is 0.356 e. The summed E-state index contributed by atoms with van der Waals surface area (Å²) in [6, 6.07) is 1.72. The summed E-state index contributed by atoms with van der Waals surface area (Å²) < 4.78 is 0. The number of carbonyl (C=O) groups excluding carboxylic acids is 1. The molecule has 19 heavy (non-hydrogen) atoms. The molecule has 1 saturated carbocycles. The Morgan fingerprint density at radius 3 is 2.79 bits per heavy atom. The van der Waals surface area contributed by atoms with Gasteiger partial charge in [-0.1, -0.05) is 30.9 Å². The first-order valence-corrected chi connectivity index (χ1v) is 7.46. The van der Waals surface area contributed by atoms with E-state index in [0.29, 0.717) is 10.7 Å². The van der Waals surface area contributed by atoms with Crippen molar-refractivity contribution in [3.63, 3.8) is 0 Å². The maximum atomic E-state index is 12.7. The van der Waals surface area contributed by atoms with Crippen molar-refractivity contribution in [2.24, 2.45) is 0 Å². The van der Waals surface area contributed by atoms with Crippen LogP contribution in [-0.2, 0) is 0 Å². The fourth-order valence-corrected chi connectivity index (χ4v) is 3.62. The zero-order valence-corrected chi connectivity index (χ0v) is 11.8. The average Bonchev–Trinajstić information content (AvgIpc) is 2.86. The van der Waals surface area contributed by atoms with Crippen molar-refractivity contribution in [2.75, 3.05) is 19.6 Å². The molecule has 2 N–H and O–H groups in total. The molecule has 4 nitrogen and oxygen atoms in total. The molecule has 1 aromatic heterocycles. The predicted octanol–water partition coefficient (Wildman–Crippen LogP) is 2.42. The highest BCUT2D eigenvalue weighted by atomic mass is 35.5. The van der Waals surface area contributed by atoms with Gasteiger partial charge in [-0.25, -0.2) is 0 Å². The molecule has 0 aromatic carbocycles. The van der Waals surface area contributed by atoms with Gasteiger partial charge < -0.3 is 15.2 Å². The standard InChI is InChI=1S/C14H20ClN3O/c15-11-8-12(17-9-11)13(19)18-7-6-16-10-14(18)4-2-1-3-5-14/h8-9,16-17H,1-7,10H2. The van der Waals surface area contributed by atoms with Crippen molar-refractivity contribution in [1.29, 1.82) is 0 Å². The molecule has 1 amide bonds. The number of rotatable bonds is 1. The molecule has 1 saturated heterocycles. The van der Waals surface area contributed by atoms with Crippen LogP contribution in [0.2, 0.25) is 5.02 Å². The molecule has 2 fully saturated rings. The van der Waals surface area contributed by atoms with Gasteiger partial charge in [-0.2, -0.15) is 0 Å². The highest BCUT2D eigenvalue weighted by Gasteiger charge is 2.42. The Labute approximate surface area is 118 Å². The first kappa shape index (κ1) is 13.0. The minimum Gasteiger partial charge on any atom is -0.356 e. The quantitative estimate of drug-likeness (QED) is 0.830. The molecule has 1 aliphatic heterocycles. The minimum atomic E-state index is 0.0190. The molecular formula is C14H20ClN3O. The lowest BCUT2D eigenvalue weighted by Crippen LogP contribution is -2.63. The number of H-pyrrole nitrogens is 1. The molecule has 2 heterocycles. The molecule has 1 aliphatic carbocycles. The number of nitrogens with zero attached hydrogens (tertiary/aromatic N) is 1. The van der Waals surface area contributed by atoms with Crippen molar-refractivity contribution >= 4 is 17.5 Å². The van der Waals surface area contributed by atoms with Crippen LogP contribution in [0.15, 0.2) is 12.3 Å². The lowest BCUT2D eigenvalue weighted by atomic mass is 9.79. The Hall–Kier alpha value is -1.00. The third-order valence-electron chi connectivity index (χ3n) is 4.45. The number of halogens is 1. The summed E-state index contributed by atoms with van der Waals surface area (Å²) in [5, 5.41) is 4.05. The molecule has 1 aromatic rings.